The van der Waals surface area contributed by atoms with Crippen LogP contribution in [0.25, 0.3) is 0 Å². The molecule has 0 spiro atoms. The molecule has 4 heteroatoms. The van der Waals surface area contributed by atoms with E-state index in [2.05, 4.69) is 0 Å². The van der Waals surface area contributed by atoms with Gasteiger partial charge in [0.25, 0.3) is 0 Å². The maximum absolute atomic E-state index is 12.1. The van der Waals surface area contributed by atoms with Crippen molar-refractivity contribution in [1.82, 2.24) is 9.80 Å². The minimum atomic E-state index is -0.181. The minimum Gasteiger partial charge on any atom is -0.393 e. The van der Waals surface area contributed by atoms with Gasteiger partial charge in [0.15, 0.2) is 0 Å². The maximum Gasteiger partial charge on any atom is 0.319 e. The van der Waals surface area contributed by atoms with Crippen molar-refractivity contribution in [3.8, 4) is 0 Å². The van der Waals surface area contributed by atoms with Gasteiger partial charge < -0.3 is 14.9 Å². The number of hydrogen-bond donors (Lipinski definition) is 1. The zero-order valence-corrected chi connectivity index (χ0v) is 10.2. The predicted molar refractivity (Wildman–Crippen MR) is 62.1 cm³/mol. The molecule has 2 fully saturated rings. The molecule has 2 rings (SSSR count). The molecule has 0 bridgehead atoms. The van der Waals surface area contributed by atoms with Crippen LogP contribution in [-0.4, -0.2) is 53.2 Å². The van der Waals surface area contributed by atoms with Gasteiger partial charge in [0.1, 0.15) is 0 Å². The van der Waals surface area contributed by atoms with E-state index in [1.165, 1.54) is 0 Å². The summed E-state index contributed by atoms with van der Waals surface area (Å²) in [4.78, 5) is 15.9. The van der Waals surface area contributed by atoms with Gasteiger partial charge in [0, 0.05) is 32.1 Å². The Morgan fingerprint density at radius 1 is 1.31 bits per heavy atom. The van der Waals surface area contributed by atoms with Gasteiger partial charge in [-0.15, -0.1) is 0 Å². The van der Waals surface area contributed by atoms with Gasteiger partial charge in [-0.1, -0.05) is 0 Å². The lowest BCUT2D eigenvalue weighted by Crippen LogP contribution is -2.42. The van der Waals surface area contributed by atoms with Crippen molar-refractivity contribution in [2.75, 3.05) is 26.2 Å². The molecule has 3 atom stereocenters. The van der Waals surface area contributed by atoms with E-state index in [4.69, 9.17) is 0 Å². The molecule has 2 aliphatic rings. The number of carbonyl (C=O) groups excluding carboxylic acids is 1. The SMILES string of the molecule is CCN(CC)C(=O)N1CC2CCC(O)C2C1. The molecule has 1 heterocycles. The van der Waals surface area contributed by atoms with Crippen LogP contribution in [0.15, 0.2) is 0 Å². The van der Waals surface area contributed by atoms with E-state index < -0.39 is 0 Å². The highest BCUT2D eigenvalue weighted by atomic mass is 16.3. The Labute approximate surface area is 97.2 Å². The van der Waals surface area contributed by atoms with E-state index >= 15 is 0 Å². The summed E-state index contributed by atoms with van der Waals surface area (Å²) in [6, 6.07) is 0.145. The Bertz CT molecular complexity index is 266. The first-order chi connectivity index (χ1) is 7.67. The monoisotopic (exact) mass is 226 g/mol. The summed E-state index contributed by atoms with van der Waals surface area (Å²) >= 11 is 0. The normalized spacial score (nSPS) is 32.9. The van der Waals surface area contributed by atoms with Crippen LogP contribution in [0.3, 0.4) is 0 Å². The second kappa shape index (κ2) is 4.62. The first-order valence-corrected chi connectivity index (χ1v) is 6.39. The lowest BCUT2D eigenvalue weighted by molar-refractivity contribution is 0.121. The highest BCUT2D eigenvalue weighted by molar-refractivity contribution is 5.74. The number of aliphatic hydroxyl groups excluding tert-OH is 1. The maximum atomic E-state index is 12.1. The Kier molecular flexibility index (Phi) is 3.38. The first kappa shape index (κ1) is 11.7. The van der Waals surface area contributed by atoms with Gasteiger partial charge in [-0.3, -0.25) is 0 Å². The van der Waals surface area contributed by atoms with E-state index in [9.17, 15) is 9.90 Å². The fraction of sp³-hybridized carbons (Fsp3) is 0.917. The van der Waals surface area contributed by atoms with Gasteiger partial charge in [0.2, 0.25) is 0 Å². The lowest BCUT2D eigenvalue weighted by Gasteiger charge is -2.26. The van der Waals surface area contributed by atoms with Crippen molar-refractivity contribution < 1.29 is 9.90 Å². The number of rotatable bonds is 2. The summed E-state index contributed by atoms with van der Waals surface area (Å²) in [5.41, 5.74) is 0. The molecule has 0 aromatic carbocycles. The third-order valence-electron chi connectivity index (χ3n) is 4.12. The number of likely N-dealkylation sites (tertiary alicyclic amines) is 1. The summed E-state index contributed by atoms with van der Waals surface area (Å²) in [6.45, 7) is 7.14. The van der Waals surface area contributed by atoms with Crippen molar-refractivity contribution in [3.63, 3.8) is 0 Å². The second-order valence-electron chi connectivity index (χ2n) is 4.93. The summed E-state index contributed by atoms with van der Waals surface area (Å²) in [5.74, 6) is 0.869. The molecule has 1 saturated carbocycles. The van der Waals surface area contributed by atoms with E-state index in [1.807, 2.05) is 23.6 Å². The Balaban J connectivity index is 1.96. The number of amides is 2. The molecule has 0 aromatic rings. The van der Waals surface area contributed by atoms with Gasteiger partial charge >= 0.3 is 6.03 Å². The molecule has 1 saturated heterocycles. The molecule has 4 nitrogen and oxygen atoms in total. The lowest BCUT2D eigenvalue weighted by atomic mass is 10.00. The molecule has 0 radical (unpaired) electrons. The second-order valence-corrected chi connectivity index (χ2v) is 4.93. The quantitative estimate of drug-likeness (QED) is 0.767. The van der Waals surface area contributed by atoms with Gasteiger partial charge in [0.05, 0.1) is 6.10 Å². The average Bonchev–Trinajstić information content (AvgIpc) is 2.83. The van der Waals surface area contributed by atoms with Crippen LogP contribution in [0, 0.1) is 11.8 Å². The van der Waals surface area contributed by atoms with Crippen LogP contribution in [0.1, 0.15) is 26.7 Å². The van der Waals surface area contributed by atoms with Gasteiger partial charge in [-0.05, 0) is 32.6 Å². The third kappa shape index (κ3) is 1.90. The Hall–Kier alpha value is -0.770. The van der Waals surface area contributed by atoms with Crippen molar-refractivity contribution in [2.45, 2.75) is 32.8 Å². The molecule has 2 amide bonds. The average molecular weight is 226 g/mol. The summed E-state index contributed by atoms with van der Waals surface area (Å²) in [6.07, 6.45) is 1.82. The highest BCUT2D eigenvalue weighted by Gasteiger charge is 2.43. The van der Waals surface area contributed by atoms with Crippen molar-refractivity contribution in [2.24, 2.45) is 11.8 Å². The van der Waals surface area contributed by atoms with Crippen LogP contribution in [0.4, 0.5) is 4.79 Å². The zero-order chi connectivity index (χ0) is 11.7. The first-order valence-electron chi connectivity index (χ1n) is 6.39. The van der Waals surface area contributed by atoms with Crippen molar-refractivity contribution in [1.29, 1.82) is 0 Å². The summed E-state index contributed by atoms with van der Waals surface area (Å²) in [5, 5.41) is 9.80. The van der Waals surface area contributed by atoms with Crippen LogP contribution in [0.2, 0.25) is 0 Å². The molecule has 1 aliphatic carbocycles. The fourth-order valence-corrected chi connectivity index (χ4v) is 3.09. The zero-order valence-electron chi connectivity index (χ0n) is 10.2. The number of carbonyl (C=O) groups is 1. The molecular formula is C12H22N2O2. The van der Waals surface area contributed by atoms with Crippen LogP contribution in [-0.2, 0) is 0 Å². The topological polar surface area (TPSA) is 43.8 Å². The summed E-state index contributed by atoms with van der Waals surface area (Å²) < 4.78 is 0. The number of hydrogen-bond acceptors (Lipinski definition) is 2. The van der Waals surface area contributed by atoms with Crippen molar-refractivity contribution in [3.05, 3.63) is 0 Å². The minimum absolute atomic E-state index is 0.145. The van der Waals surface area contributed by atoms with Crippen LogP contribution < -0.4 is 0 Å². The van der Waals surface area contributed by atoms with E-state index in [0.29, 0.717) is 11.8 Å². The largest absolute Gasteiger partial charge is 0.393 e. The molecule has 3 unspecified atom stereocenters. The molecular weight excluding hydrogens is 204 g/mol. The fourth-order valence-electron chi connectivity index (χ4n) is 3.09. The molecule has 1 N–H and O–H groups in total. The molecule has 92 valence electrons. The molecule has 1 aliphatic heterocycles. The third-order valence-corrected chi connectivity index (χ3v) is 4.12. The molecule has 0 aromatic heterocycles. The predicted octanol–water partition coefficient (Wildman–Crippen LogP) is 1.15. The number of nitrogens with zero attached hydrogens (tertiary/aromatic N) is 2. The number of aliphatic hydroxyl groups is 1. The summed E-state index contributed by atoms with van der Waals surface area (Å²) in [7, 11) is 0. The van der Waals surface area contributed by atoms with Gasteiger partial charge in [-0.2, -0.15) is 0 Å². The van der Waals surface area contributed by atoms with Crippen LogP contribution >= 0.6 is 0 Å². The smallest absolute Gasteiger partial charge is 0.319 e. The Morgan fingerprint density at radius 3 is 2.56 bits per heavy atom. The molecule has 16 heavy (non-hydrogen) atoms. The van der Waals surface area contributed by atoms with Crippen LogP contribution in [0.5, 0.6) is 0 Å². The highest BCUT2D eigenvalue weighted by Crippen LogP contribution is 2.38. The Morgan fingerprint density at radius 2 is 2.00 bits per heavy atom. The van der Waals surface area contributed by atoms with Crippen molar-refractivity contribution >= 4 is 6.03 Å². The standard InChI is InChI=1S/C12H22N2O2/c1-3-13(4-2)12(16)14-7-9-5-6-11(15)10(9)8-14/h9-11,15H,3-8H2,1-2H3. The van der Waals surface area contributed by atoms with Gasteiger partial charge in [-0.25, -0.2) is 4.79 Å². The van der Waals surface area contributed by atoms with E-state index in [0.717, 1.165) is 39.0 Å². The van der Waals surface area contributed by atoms with E-state index in [-0.39, 0.29) is 12.1 Å². The number of urea groups is 1. The number of fused-ring (bicyclic) bond motifs is 1. The van der Waals surface area contributed by atoms with E-state index in [1.54, 1.807) is 0 Å².